The molecule has 0 bridgehead atoms. The number of amides is 3. The number of fused-ring (bicyclic) bond motifs is 1. The summed E-state index contributed by atoms with van der Waals surface area (Å²) in [7, 11) is 0. The van der Waals surface area contributed by atoms with Crippen LogP contribution in [0.5, 0.6) is 0 Å². The molecule has 3 amide bonds. The second kappa shape index (κ2) is 6.94. The van der Waals surface area contributed by atoms with Crippen LogP contribution in [0.25, 0.3) is 0 Å². The van der Waals surface area contributed by atoms with Gasteiger partial charge in [0.15, 0.2) is 0 Å². The van der Waals surface area contributed by atoms with Crippen molar-refractivity contribution in [2.24, 2.45) is 5.73 Å². The van der Waals surface area contributed by atoms with Crippen LogP contribution >= 0.6 is 39.0 Å². The van der Waals surface area contributed by atoms with Crippen LogP contribution < -0.4 is 16.4 Å². The third-order valence-electron chi connectivity index (χ3n) is 3.40. The maximum atomic E-state index is 12.2. The number of carbonyl (C=O) groups excluding carboxylic acids is 2. The molecule has 3 rings (SSSR count). The predicted molar refractivity (Wildman–Crippen MR) is 99.5 cm³/mol. The van der Waals surface area contributed by atoms with Crippen molar-refractivity contribution in [3.05, 3.63) is 44.7 Å². The lowest BCUT2D eigenvalue weighted by molar-refractivity contribution is 0.100. The van der Waals surface area contributed by atoms with E-state index in [1.165, 1.54) is 11.3 Å². The molecule has 0 saturated carbocycles. The summed E-state index contributed by atoms with van der Waals surface area (Å²) in [5, 5.41) is 6.03. The Morgan fingerprint density at radius 3 is 2.61 bits per heavy atom. The number of nitrogens with two attached hydrogens (primary N) is 1. The van der Waals surface area contributed by atoms with Crippen molar-refractivity contribution >= 4 is 61.7 Å². The molecular weight excluding hydrogens is 398 g/mol. The Balaban J connectivity index is 1.79. The SMILES string of the molecule is NC(=O)c1c(NC(=O)Nc2ccc(Br)cc2)sc2c1CCSC2. The molecule has 0 saturated heterocycles. The van der Waals surface area contributed by atoms with Crippen LogP contribution in [0.3, 0.4) is 0 Å². The number of halogens is 1. The number of anilines is 2. The molecule has 1 aromatic carbocycles. The normalized spacial score (nSPS) is 13.3. The van der Waals surface area contributed by atoms with Crippen molar-refractivity contribution < 1.29 is 9.59 Å². The van der Waals surface area contributed by atoms with E-state index in [0.29, 0.717) is 16.3 Å². The number of hydrogen-bond acceptors (Lipinski definition) is 4. The average Bonchev–Trinajstić information content (AvgIpc) is 2.87. The maximum absolute atomic E-state index is 12.2. The summed E-state index contributed by atoms with van der Waals surface area (Å²) in [6.07, 6.45) is 0.810. The summed E-state index contributed by atoms with van der Waals surface area (Å²) in [6, 6.07) is 6.86. The van der Waals surface area contributed by atoms with Crippen molar-refractivity contribution in [3.63, 3.8) is 0 Å². The number of thiophene rings is 1. The zero-order chi connectivity index (χ0) is 16.4. The fraction of sp³-hybridized carbons (Fsp3) is 0.200. The summed E-state index contributed by atoms with van der Waals surface area (Å²) in [4.78, 5) is 25.1. The lowest BCUT2D eigenvalue weighted by atomic mass is 10.1. The summed E-state index contributed by atoms with van der Waals surface area (Å²) in [5.74, 6) is 1.33. The van der Waals surface area contributed by atoms with E-state index in [9.17, 15) is 9.59 Å². The number of benzene rings is 1. The second-order valence-corrected chi connectivity index (χ2v) is 8.09. The maximum Gasteiger partial charge on any atom is 0.324 e. The smallest absolute Gasteiger partial charge is 0.324 e. The molecule has 0 unspecified atom stereocenters. The molecule has 23 heavy (non-hydrogen) atoms. The third kappa shape index (κ3) is 3.70. The lowest BCUT2D eigenvalue weighted by Gasteiger charge is -2.11. The largest absolute Gasteiger partial charge is 0.365 e. The molecule has 0 spiro atoms. The van der Waals surface area contributed by atoms with Gasteiger partial charge in [0.05, 0.1) is 5.56 Å². The number of hydrogen-bond donors (Lipinski definition) is 3. The number of thioether (sulfide) groups is 1. The standard InChI is InChI=1S/C15H14BrN3O2S2/c16-8-1-3-9(4-2-8)18-15(21)19-14-12(13(17)20)10-5-6-22-7-11(10)23-14/h1-4H,5-7H2,(H2,17,20)(H2,18,19,21). The van der Waals surface area contributed by atoms with Crippen molar-refractivity contribution in [1.82, 2.24) is 0 Å². The quantitative estimate of drug-likeness (QED) is 0.712. The van der Waals surface area contributed by atoms with Crippen LogP contribution in [-0.4, -0.2) is 17.7 Å². The Morgan fingerprint density at radius 2 is 1.91 bits per heavy atom. The van der Waals surface area contributed by atoms with Crippen LogP contribution in [0.15, 0.2) is 28.7 Å². The molecule has 2 aromatic rings. The highest BCUT2D eigenvalue weighted by Crippen LogP contribution is 2.39. The van der Waals surface area contributed by atoms with E-state index < -0.39 is 5.91 Å². The first kappa shape index (κ1) is 16.4. The highest BCUT2D eigenvalue weighted by molar-refractivity contribution is 9.10. The van der Waals surface area contributed by atoms with Gasteiger partial charge in [-0.3, -0.25) is 10.1 Å². The first-order valence-electron chi connectivity index (χ1n) is 6.90. The Morgan fingerprint density at radius 1 is 1.17 bits per heavy atom. The highest BCUT2D eigenvalue weighted by atomic mass is 79.9. The van der Waals surface area contributed by atoms with Crippen molar-refractivity contribution in [3.8, 4) is 0 Å². The summed E-state index contributed by atoms with van der Waals surface area (Å²) < 4.78 is 0.933. The zero-order valence-corrected chi connectivity index (χ0v) is 15.2. The molecule has 4 N–H and O–H groups in total. The highest BCUT2D eigenvalue weighted by Gasteiger charge is 2.25. The van der Waals surface area contributed by atoms with Gasteiger partial charge in [-0.1, -0.05) is 15.9 Å². The molecule has 0 aliphatic carbocycles. The van der Waals surface area contributed by atoms with Crippen LogP contribution in [0.1, 0.15) is 20.8 Å². The number of carbonyl (C=O) groups is 2. The van der Waals surface area contributed by atoms with E-state index in [2.05, 4.69) is 26.6 Å². The number of nitrogens with one attached hydrogen (secondary N) is 2. The van der Waals surface area contributed by atoms with Gasteiger partial charge in [0.1, 0.15) is 5.00 Å². The molecule has 0 atom stereocenters. The number of primary amides is 1. The fourth-order valence-corrected chi connectivity index (χ4v) is 5.03. The molecular formula is C15H14BrN3O2S2. The minimum absolute atomic E-state index is 0.388. The van der Waals surface area contributed by atoms with Gasteiger partial charge < -0.3 is 11.1 Å². The Bertz CT molecular complexity index is 759. The molecule has 5 nitrogen and oxygen atoms in total. The van der Waals surface area contributed by atoms with Gasteiger partial charge in [0.2, 0.25) is 0 Å². The van der Waals surface area contributed by atoms with Crippen LogP contribution in [0.4, 0.5) is 15.5 Å². The number of rotatable bonds is 3. The van der Waals surface area contributed by atoms with Crippen molar-refractivity contribution in [2.45, 2.75) is 12.2 Å². The van der Waals surface area contributed by atoms with Gasteiger partial charge >= 0.3 is 6.03 Å². The topological polar surface area (TPSA) is 84.2 Å². The van der Waals surface area contributed by atoms with E-state index in [1.807, 2.05) is 23.9 Å². The molecule has 0 radical (unpaired) electrons. The first-order valence-corrected chi connectivity index (χ1v) is 9.66. The van der Waals surface area contributed by atoms with Crippen LogP contribution in [-0.2, 0) is 12.2 Å². The molecule has 1 aromatic heterocycles. The monoisotopic (exact) mass is 411 g/mol. The van der Waals surface area contributed by atoms with E-state index in [1.54, 1.807) is 12.1 Å². The van der Waals surface area contributed by atoms with Crippen LogP contribution in [0.2, 0.25) is 0 Å². The summed E-state index contributed by atoms with van der Waals surface area (Å²) in [5.41, 5.74) is 7.62. The Kier molecular flexibility index (Phi) is 4.93. The van der Waals surface area contributed by atoms with Gasteiger partial charge in [-0.2, -0.15) is 11.8 Å². The summed E-state index contributed by atoms with van der Waals surface area (Å²) >= 11 is 6.59. The van der Waals surface area contributed by atoms with E-state index >= 15 is 0 Å². The van der Waals surface area contributed by atoms with Crippen LogP contribution in [0, 0.1) is 0 Å². The fourth-order valence-electron chi connectivity index (χ4n) is 2.38. The zero-order valence-electron chi connectivity index (χ0n) is 12.0. The van der Waals surface area contributed by atoms with Gasteiger partial charge in [-0.15, -0.1) is 11.3 Å². The molecule has 2 heterocycles. The van der Waals surface area contributed by atoms with Crippen molar-refractivity contribution in [2.75, 3.05) is 16.4 Å². The van der Waals surface area contributed by atoms with E-state index in [0.717, 1.165) is 32.8 Å². The minimum Gasteiger partial charge on any atom is -0.365 e. The van der Waals surface area contributed by atoms with Gasteiger partial charge in [0.25, 0.3) is 5.91 Å². The molecule has 1 aliphatic rings. The molecule has 0 fully saturated rings. The average molecular weight is 412 g/mol. The predicted octanol–water partition coefficient (Wildman–Crippen LogP) is 4.04. The van der Waals surface area contributed by atoms with E-state index in [4.69, 9.17) is 5.73 Å². The minimum atomic E-state index is -0.492. The Hall–Kier alpha value is -1.51. The molecule has 1 aliphatic heterocycles. The van der Waals surface area contributed by atoms with E-state index in [-0.39, 0.29) is 6.03 Å². The lowest BCUT2D eigenvalue weighted by Crippen LogP contribution is -2.22. The van der Waals surface area contributed by atoms with Gasteiger partial charge in [-0.25, -0.2) is 4.79 Å². The Labute approximate surface area is 150 Å². The summed E-state index contributed by atoms with van der Waals surface area (Å²) in [6.45, 7) is 0. The van der Waals surface area contributed by atoms with Crippen molar-refractivity contribution in [1.29, 1.82) is 0 Å². The van der Waals surface area contributed by atoms with Gasteiger partial charge in [-0.05, 0) is 42.0 Å². The number of urea groups is 1. The first-order chi connectivity index (χ1) is 11.0. The third-order valence-corrected chi connectivity index (χ3v) is 6.24. The van der Waals surface area contributed by atoms with Gasteiger partial charge in [0, 0.05) is 20.8 Å². The molecule has 120 valence electrons. The second-order valence-electron chi connectivity index (χ2n) is 4.96. The molecule has 8 heteroatoms.